The van der Waals surface area contributed by atoms with Crippen LogP contribution in [0.15, 0.2) is 54.7 Å². The average molecular weight is 360 g/mol. The van der Waals surface area contributed by atoms with Gasteiger partial charge in [0.15, 0.2) is 0 Å². The Balaban J connectivity index is 2.30. The highest BCUT2D eigenvalue weighted by molar-refractivity contribution is 6.32. The molecule has 1 aliphatic rings. The van der Waals surface area contributed by atoms with E-state index < -0.39 is 5.97 Å². The summed E-state index contributed by atoms with van der Waals surface area (Å²) >= 11 is 6.23. The Hall–Kier alpha value is -2.33. The number of carbonyl (C=O) groups excluding carboxylic acids is 2. The number of allylic oxidation sites excluding steroid dienone is 1. The molecule has 1 atom stereocenters. The maximum atomic E-state index is 12.9. The lowest BCUT2D eigenvalue weighted by atomic mass is 9.92. The second-order valence-electron chi connectivity index (χ2n) is 5.84. The molecular formula is C20H22ClNO3. The second kappa shape index (κ2) is 8.17. The molecular weight excluding hydrogens is 338 g/mol. The van der Waals surface area contributed by atoms with Gasteiger partial charge in [-0.05, 0) is 42.2 Å². The number of hydrogen-bond donors (Lipinski definition) is 0. The van der Waals surface area contributed by atoms with Crippen LogP contribution in [-0.2, 0) is 16.0 Å². The molecule has 1 heterocycles. The van der Waals surface area contributed by atoms with Crippen LogP contribution in [0.3, 0.4) is 0 Å². The molecule has 0 spiro atoms. The lowest BCUT2D eigenvalue weighted by Crippen LogP contribution is -2.44. The van der Waals surface area contributed by atoms with E-state index in [9.17, 15) is 9.59 Å². The van der Waals surface area contributed by atoms with Crippen molar-refractivity contribution in [2.75, 3.05) is 13.7 Å². The molecule has 0 saturated heterocycles. The third-order valence-corrected chi connectivity index (χ3v) is 4.90. The molecule has 1 amide bonds. The summed E-state index contributed by atoms with van der Waals surface area (Å²) in [6, 6.07) is 4.85. The predicted molar refractivity (Wildman–Crippen MR) is 99.7 cm³/mol. The first-order chi connectivity index (χ1) is 11.9. The van der Waals surface area contributed by atoms with Gasteiger partial charge in [0.25, 0.3) is 0 Å². The van der Waals surface area contributed by atoms with Crippen molar-refractivity contribution in [1.82, 2.24) is 4.90 Å². The van der Waals surface area contributed by atoms with Crippen molar-refractivity contribution in [2.45, 2.75) is 25.8 Å². The number of halogens is 1. The van der Waals surface area contributed by atoms with E-state index in [4.69, 9.17) is 16.3 Å². The van der Waals surface area contributed by atoms with Crippen LogP contribution in [-0.4, -0.2) is 36.5 Å². The summed E-state index contributed by atoms with van der Waals surface area (Å²) in [6.45, 7) is 10.2. The Kier molecular flexibility index (Phi) is 6.21. The summed E-state index contributed by atoms with van der Waals surface area (Å²) in [7, 11) is 1.31. The van der Waals surface area contributed by atoms with Gasteiger partial charge >= 0.3 is 5.97 Å². The van der Waals surface area contributed by atoms with Crippen molar-refractivity contribution in [1.29, 1.82) is 0 Å². The molecule has 0 bridgehead atoms. The normalized spacial score (nSPS) is 17.2. The molecule has 2 rings (SSSR count). The SMILES string of the molecule is C=CC1=C(C=C)C(C)N(C(=O)Cc2c(Cl)cccc2C(=O)OC)CC1. The van der Waals surface area contributed by atoms with Gasteiger partial charge in [0.2, 0.25) is 5.91 Å². The van der Waals surface area contributed by atoms with Crippen molar-refractivity contribution in [2.24, 2.45) is 0 Å². The van der Waals surface area contributed by atoms with E-state index in [1.165, 1.54) is 7.11 Å². The van der Waals surface area contributed by atoms with Crippen molar-refractivity contribution in [3.8, 4) is 0 Å². The molecule has 25 heavy (non-hydrogen) atoms. The van der Waals surface area contributed by atoms with Crippen molar-refractivity contribution < 1.29 is 14.3 Å². The molecule has 5 heteroatoms. The summed E-state index contributed by atoms with van der Waals surface area (Å²) in [4.78, 5) is 26.6. The predicted octanol–water partition coefficient (Wildman–Crippen LogP) is 3.96. The Morgan fingerprint density at radius 3 is 2.68 bits per heavy atom. The van der Waals surface area contributed by atoms with Crippen molar-refractivity contribution in [3.63, 3.8) is 0 Å². The summed E-state index contributed by atoms with van der Waals surface area (Å²) in [6.07, 6.45) is 4.37. The van der Waals surface area contributed by atoms with E-state index in [0.29, 0.717) is 22.7 Å². The highest BCUT2D eigenvalue weighted by Crippen LogP contribution is 2.28. The zero-order valence-electron chi connectivity index (χ0n) is 14.5. The maximum Gasteiger partial charge on any atom is 0.338 e. The van der Waals surface area contributed by atoms with Crippen LogP contribution in [0.2, 0.25) is 5.02 Å². The van der Waals surface area contributed by atoms with E-state index in [2.05, 4.69) is 13.2 Å². The van der Waals surface area contributed by atoms with Crippen molar-refractivity contribution >= 4 is 23.5 Å². The molecule has 1 aromatic carbocycles. The Morgan fingerprint density at radius 2 is 2.08 bits per heavy atom. The summed E-state index contributed by atoms with van der Waals surface area (Å²) in [5.41, 5.74) is 2.92. The van der Waals surface area contributed by atoms with Gasteiger partial charge in [-0.2, -0.15) is 0 Å². The van der Waals surface area contributed by atoms with Crippen LogP contribution in [0.1, 0.15) is 29.3 Å². The first-order valence-corrected chi connectivity index (χ1v) is 8.45. The number of hydrogen-bond acceptors (Lipinski definition) is 3. The van der Waals surface area contributed by atoms with Crippen LogP contribution < -0.4 is 0 Å². The molecule has 1 unspecified atom stereocenters. The van der Waals surface area contributed by atoms with Crippen LogP contribution in [0.25, 0.3) is 0 Å². The number of rotatable bonds is 5. The van der Waals surface area contributed by atoms with Gasteiger partial charge in [-0.25, -0.2) is 4.79 Å². The first-order valence-electron chi connectivity index (χ1n) is 8.07. The third kappa shape index (κ3) is 3.85. The molecule has 0 saturated carbocycles. The number of amides is 1. The molecule has 0 aromatic heterocycles. The highest BCUT2D eigenvalue weighted by Gasteiger charge is 2.28. The largest absolute Gasteiger partial charge is 0.465 e. The average Bonchev–Trinajstić information content (AvgIpc) is 2.62. The summed E-state index contributed by atoms with van der Waals surface area (Å²) in [5, 5.41) is 0.382. The highest BCUT2D eigenvalue weighted by atomic mass is 35.5. The molecule has 0 fully saturated rings. The number of carbonyl (C=O) groups is 2. The minimum atomic E-state index is -0.502. The first kappa shape index (κ1) is 19.0. The van der Waals surface area contributed by atoms with Gasteiger partial charge in [-0.1, -0.05) is 43.0 Å². The van der Waals surface area contributed by atoms with Gasteiger partial charge in [0.05, 0.1) is 25.1 Å². The van der Waals surface area contributed by atoms with Crippen LogP contribution in [0, 0.1) is 0 Å². The van der Waals surface area contributed by atoms with Crippen LogP contribution >= 0.6 is 11.6 Å². The Bertz CT molecular complexity index is 751. The smallest absolute Gasteiger partial charge is 0.338 e. The van der Waals surface area contributed by atoms with Crippen LogP contribution in [0.4, 0.5) is 0 Å². The number of methoxy groups -OCH3 is 1. The van der Waals surface area contributed by atoms with E-state index in [-0.39, 0.29) is 18.4 Å². The van der Waals surface area contributed by atoms with Gasteiger partial charge in [-0.3, -0.25) is 4.79 Å². The molecule has 1 aromatic rings. The van der Waals surface area contributed by atoms with Gasteiger partial charge in [0.1, 0.15) is 0 Å². The standard InChI is InChI=1S/C20H22ClNO3/c1-5-14-10-11-22(13(3)15(14)6-2)19(23)12-17-16(20(24)25-4)8-7-9-18(17)21/h5-9,13H,1-2,10-12H2,3-4H3. The molecule has 132 valence electrons. The Labute approximate surface area is 153 Å². The topological polar surface area (TPSA) is 46.6 Å². The van der Waals surface area contributed by atoms with E-state index >= 15 is 0 Å². The van der Waals surface area contributed by atoms with E-state index in [0.717, 1.165) is 17.6 Å². The number of benzene rings is 1. The van der Waals surface area contributed by atoms with E-state index in [1.54, 1.807) is 29.2 Å². The fraction of sp³-hybridized carbons (Fsp3) is 0.300. The Morgan fingerprint density at radius 1 is 1.36 bits per heavy atom. The lowest BCUT2D eigenvalue weighted by molar-refractivity contribution is -0.132. The molecule has 0 N–H and O–H groups in total. The maximum absolute atomic E-state index is 12.9. The van der Waals surface area contributed by atoms with Gasteiger partial charge in [-0.15, -0.1) is 0 Å². The summed E-state index contributed by atoms with van der Waals surface area (Å²) < 4.78 is 4.79. The van der Waals surface area contributed by atoms with Gasteiger partial charge < -0.3 is 9.64 Å². The third-order valence-electron chi connectivity index (χ3n) is 4.55. The van der Waals surface area contributed by atoms with Crippen molar-refractivity contribution in [3.05, 3.63) is 70.8 Å². The second-order valence-corrected chi connectivity index (χ2v) is 6.24. The van der Waals surface area contributed by atoms with Crippen LogP contribution in [0.5, 0.6) is 0 Å². The molecule has 1 aliphatic heterocycles. The zero-order valence-corrected chi connectivity index (χ0v) is 15.3. The zero-order chi connectivity index (χ0) is 18.6. The fourth-order valence-corrected chi connectivity index (χ4v) is 3.41. The molecule has 0 aliphatic carbocycles. The lowest BCUT2D eigenvalue weighted by Gasteiger charge is -2.36. The minimum Gasteiger partial charge on any atom is -0.465 e. The monoisotopic (exact) mass is 359 g/mol. The number of ether oxygens (including phenoxy) is 1. The van der Waals surface area contributed by atoms with E-state index in [1.807, 2.05) is 13.0 Å². The minimum absolute atomic E-state index is 0.0439. The van der Waals surface area contributed by atoms with Gasteiger partial charge in [0, 0.05) is 11.6 Å². The number of nitrogens with zero attached hydrogens (tertiary/aromatic N) is 1. The molecule has 4 nitrogen and oxygen atoms in total. The number of esters is 1. The quantitative estimate of drug-likeness (QED) is 0.747. The molecule has 0 radical (unpaired) electrons. The summed E-state index contributed by atoms with van der Waals surface area (Å²) in [5.74, 6) is -0.592. The fourth-order valence-electron chi connectivity index (χ4n) is 3.17.